The number of aryl methyl sites for hydroxylation is 2. The number of ether oxygens (including phenoxy) is 2. The molecule has 38 heavy (non-hydrogen) atoms. The van der Waals surface area contributed by atoms with E-state index in [9.17, 15) is 19.5 Å². The molecule has 9 nitrogen and oxygen atoms in total. The lowest BCUT2D eigenvalue weighted by atomic mass is 9.98. The van der Waals surface area contributed by atoms with Gasteiger partial charge in [-0.05, 0) is 87.9 Å². The van der Waals surface area contributed by atoms with Gasteiger partial charge in [0, 0.05) is 11.7 Å². The van der Waals surface area contributed by atoms with Gasteiger partial charge in [-0.2, -0.15) is 0 Å². The van der Waals surface area contributed by atoms with E-state index < -0.39 is 42.2 Å². The first kappa shape index (κ1) is 29.0. The third-order valence-electron chi connectivity index (χ3n) is 6.58. The highest BCUT2D eigenvalue weighted by Crippen LogP contribution is 2.41. The molecule has 0 spiro atoms. The van der Waals surface area contributed by atoms with Crippen molar-refractivity contribution in [2.45, 2.75) is 71.7 Å². The van der Waals surface area contributed by atoms with Gasteiger partial charge in [-0.15, -0.1) is 0 Å². The molecule has 0 heterocycles. The van der Waals surface area contributed by atoms with Crippen LogP contribution in [-0.2, 0) is 14.3 Å². The summed E-state index contributed by atoms with van der Waals surface area (Å²) in [5, 5.41) is 15.5. The highest BCUT2D eigenvalue weighted by atomic mass is 16.6. The summed E-state index contributed by atoms with van der Waals surface area (Å²) >= 11 is 0. The lowest BCUT2D eigenvalue weighted by molar-refractivity contribution is -0.142. The van der Waals surface area contributed by atoms with Gasteiger partial charge in [-0.25, -0.2) is 4.79 Å². The molecule has 0 aliphatic heterocycles. The number of benzene rings is 2. The monoisotopic (exact) mass is 525 g/mol. The average molecular weight is 526 g/mol. The van der Waals surface area contributed by atoms with Crippen LogP contribution in [0.25, 0.3) is 0 Å². The standard InChI is InChI=1S/C29H39N3O6/c1-17-8-9-20(14-18(17)2)25(26(34)30-21-10-12-22(37-7)13-11-21)32(24-15-19(24)3)27(35)23(16-33)31-28(36)38-29(4,5)6/h8-14,19,23-25,33H,15-16H2,1-7H3,(H,30,34)(H,31,36). The van der Waals surface area contributed by atoms with E-state index >= 15 is 0 Å². The molecule has 2 aromatic carbocycles. The lowest BCUT2D eigenvalue weighted by Crippen LogP contribution is -2.54. The van der Waals surface area contributed by atoms with Gasteiger partial charge in [-0.3, -0.25) is 9.59 Å². The van der Waals surface area contributed by atoms with Crippen LogP contribution in [-0.4, -0.2) is 59.3 Å². The lowest BCUT2D eigenvalue weighted by Gasteiger charge is -2.35. The van der Waals surface area contributed by atoms with Crippen LogP contribution in [0.1, 0.15) is 56.8 Å². The van der Waals surface area contributed by atoms with Crippen molar-refractivity contribution in [3.8, 4) is 5.75 Å². The van der Waals surface area contributed by atoms with E-state index in [4.69, 9.17) is 9.47 Å². The third-order valence-corrected chi connectivity index (χ3v) is 6.58. The number of nitrogens with zero attached hydrogens (tertiary/aromatic N) is 1. The number of aliphatic hydroxyl groups excluding tert-OH is 1. The zero-order chi connectivity index (χ0) is 28.2. The number of amides is 3. The maximum Gasteiger partial charge on any atom is 0.408 e. The number of nitrogens with one attached hydrogen (secondary N) is 2. The van der Waals surface area contributed by atoms with Crippen LogP contribution in [0.3, 0.4) is 0 Å². The number of carbonyl (C=O) groups is 3. The summed E-state index contributed by atoms with van der Waals surface area (Å²) in [6.07, 6.45) is -0.118. The molecular formula is C29H39N3O6. The SMILES string of the molecule is COc1ccc(NC(=O)C(c2ccc(C)c(C)c2)N(C(=O)C(CO)NC(=O)OC(C)(C)C)C2CC2C)cc1. The number of hydrogen-bond acceptors (Lipinski definition) is 6. The van der Waals surface area contributed by atoms with E-state index in [0.717, 1.165) is 11.1 Å². The molecule has 1 aliphatic carbocycles. The van der Waals surface area contributed by atoms with Gasteiger partial charge in [0.1, 0.15) is 23.4 Å². The predicted molar refractivity (Wildman–Crippen MR) is 145 cm³/mol. The Morgan fingerprint density at radius 2 is 1.71 bits per heavy atom. The Kier molecular flexibility index (Phi) is 9.04. The summed E-state index contributed by atoms with van der Waals surface area (Å²) in [7, 11) is 1.56. The third kappa shape index (κ3) is 7.25. The minimum absolute atomic E-state index is 0.155. The fraction of sp³-hybridized carbons (Fsp3) is 0.483. The molecule has 0 bridgehead atoms. The maximum atomic E-state index is 13.9. The number of alkyl carbamates (subject to hydrolysis) is 1. The summed E-state index contributed by atoms with van der Waals surface area (Å²) in [5.41, 5.74) is 2.44. The summed E-state index contributed by atoms with van der Waals surface area (Å²) in [4.78, 5) is 41.7. The second-order valence-electron chi connectivity index (χ2n) is 10.9. The second-order valence-corrected chi connectivity index (χ2v) is 10.9. The molecule has 1 fully saturated rings. The molecule has 206 valence electrons. The van der Waals surface area contributed by atoms with Crippen LogP contribution in [0.2, 0.25) is 0 Å². The van der Waals surface area contributed by atoms with Crippen molar-refractivity contribution in [3.63, 3.8) is 0 Å². The average Bonchev–Trinajstić information content (AvgIpc) is 3.57. The molecule has 1 saturated carbocycles. The first-order valence-corrected chi connectivity index (χ1v) is 12.8. The minimum Gasteiger partial charge on any atom is -0.497 e. The van der Waals surface area contributed by atoms with Gasteiger partial charge in [0.05, 0.1) is 13.7 Å². The van der Waals surface area contributed by atoms with Gasteiger partial charge < -0.3 is 30.1 Å². The molecule has 4 atom stereocenters. The largest absolute Gasteiger partial charge is 0.497 e. The molecular weight excluding hydrogens is 486 g/mol. The molecule has 0 aromatic heterocycles. The molecule has 3 rings (SSSR count). The van der Waals surface area contributed by atoms with Crippen molar-refractivity contribution in [2.24, 2.45) is 5.92 Å². The zero-order valence-corrected chi connectivity index (χ0v) is 23.2. The van der Waals surface area contributed by atoms with Crippen molar-refractivity contribution in [2.75, 3.05) is 19.0 Å². The Bertz CT molecular complexity index is 1160. The van der Waals surface area contributed by atoms with E-state index in [1.54, 1.807) is 52.1 Å². The summed E-state index contributed by atoms with van der Waals surface area (Å²) in [6.45, 7) is 10.4. The number of carbonyl (C=O) groups excluding carboxylic acids is 3. The predicted octanol–water partition coefficient (Wildman–Crippen LogP) is 4.11. The van der Waals surface area contributed by atoms with Crippen LogP contribution < -0.4 is 15.4 Å². The van der Waals surface area contributed by atoms with Gasteiger partial charge in [0.25, 0.3) is 5.91 Å². The Balaban J connectivity index is 1.99. The van der Waals surface area contributed by atoms with E-state index in [1.165, 1.54) is 4.90 Å². The number of anilines is 1. The number of methoxy groups -OCH3 is 1. The molecule has 4 unspecified atom stereocenters. The summed E-state index contributed by atoms with van der Waals surface area (Å²) in [5.74, 6) is -0.153. The van der Waals surface area contributed by atoms with Crippen LogP contribution in [0.4, 0.5) is 10.5 Å². The van der Waals surface area contributed by atoms with E-state index in [0.29, 0.717) is 23.4 Å². The smallest absolute Gasteiger partial charge is 0.408 e. The second kappa shape index (κ2) is 11.9. The molecule has 3 amide bonds. The fourth-order valence-electron chi connectivity index (χ4n) is 4.25. The maximum absolute atomic E-state index is 13.9. The van der Waals surface area contributed by atoms with Crippen molar-refractivity contribution >= 4 is 23.6 Å². The number of aliphatic hydroxyl groups is 1. The Labute approximate surface area is 224 Å². The summed E-state index contributed by atoms with van der Waals surface area (Å²) in [6, 6.07) is 10.1. The fourth-order valence-corrected chi connectivity index (χ4v) is 4.25. The van der Waals surface area contributed by atoms with Gasteiger partial charge in [-0.1, -0.05) is 25.1 Å². The molecule has 9 heteroatoms. The Morgan fingerprint density at radius 3 is 2.21 bits per heavy atom. The van der Waals surface area contributed by atoms with Crippen molar-refractivity contribution in [3.05, 3.63) is 59.2 Å². The topological polar surface area (TPSA) is 117 Å². The normalized spacial score (nSPS) is 18.1. The molecule has 2 aromatic rings. The molecule has 0 saturated heterocycles. The van der Waals surface area contributed by atoms with Gasteiger partial charge in [0.15, 0.2) is 0 Å². The van der Waals surface area contributed by atoms with Crippen LogP contribution in [0.5, 0.6) is 5.75 Å². The number of rotatable bonds is 9. The number of hydrogen-bond donors (Lipinski definition) is 3. The van der Waals surface area contributed by atoms with Gasteiger partial charge in [0.2, 0.25) is 5.91 Å². The molecule has 3 N–H and O–H groups in total. The first-order valence-electron chi connectivity index (χ1n) is 12.8. The Morgan fingerprint density at radius 1 is 1.08 bits per heavy atom. The van der Waals surface area contributed by atoms with Crippen LogP contribution in [0.15, 0.2) is 42.5 Å². The van der Waals surface area contributed by atoms with E-state index in [1.807, 2.05) is 39.0 Å². The van der Waals surface area contributed by atoms with Crippen molar-refractivity contribution in [1.82, 2.24) is 10.2 Å². The minimum atomic E-state index is -1.28. The van der Waals surface area contributed by atoms with E-state index in [2.05, 4.69) is 10.6 Å². The first-order chi connectivity index (χ1) is 17.8. The zero-order valence-electron chi connectivity index (χ0n) is 23.2. The van der Waals surface area contributed by atoms with E-state index in [-0.39, 0.29) is 12.0 Å². The Hall–Kier alpha value is -3.59. The van der Waals surface area contributed by atoms with Crippen LogP contribution in [0, 0.1) is 19.8 Å². The van der Waals surface area contributed by atoms with Gasteiger partial charge >= 0.3 is 6.09 Å². The molecule has 0 radical (unpaired) electrons. The highest BCUT2D eigenvalue weighted by Gasteiger charge is 2.48. The quantitative estimate of drug-likeness (QED) is 0.454. The van der Waals surface area contributed by atoms with Crippen molar-refractivity contribution in [1.29, 1.82) is 0 Å². The van der Waals surface area contributed by atoms with Crippen LogP contribution >= 0.6 is 0 Å². The van der Waals surface area contributed by atoms with Crippen molar-refractivity contribution < 1.29 is 29.0 Å². The highest BCUT2D eigenvalue weighted by molar-refractivity contribution is 5.99. The molecule has 1 aliphatic rings. The summed E-state index contributed by atoms with van der Waals surface area (Å²) < 4.78 is 10.5.